The topological polar surface area (TPSA) is 63.7 Å². The Labute approximate surface area is 115 Å². The lowest BCUT2D eigenvalue weighted by molar-refractivity contribution is -0.152. The number of hydrogen-bond acceptors (Lipinski definition) is 4. The molecule has 1 heterocycles. The summed E-state index contributed by atoms with van der Waals surface area (Å²) in [7, 11) is 0. The highest BCUT2D eigenvalue weighted by atomic mass is 35.5. The Balaban J connectivity index is 2.22. The quantitative estimate of drug-likeness (QED) is 0.621. The van der Waals surface area contributed by atoms with Crippen molar-refractivity contribution in [3.05, 3.63) is 29.3 Å². The second-order valence-electron chi connectivity index (χ2n) is 4.05. The summed E-state index contributed by atoms with van der Waals surface area (Å²) in [6.45, 7) is 1.64. The second kappa shape index (κ2) is 5.40. The molecule has 1 atom stereocenters. The average molecular weight is 282 g/mol. The van der Waals surface area contributed by atoms with Crippen molar-refractivity contribution >= 4 is 34.9 Å². The number of ketones is 1. The Morgan fingerprint density at radius 2 is 2.00 bits per heavy atom. The molecule has 0 saturated carbocycles. The Bertz CT molecular complexity index is 526. The number of ether oxygens (including phenoxy) is 1. The lowest BCUT2D eigenvalue weighted by atomic mass is 10.1. The van der Waals surface area contributed by atoms with E-state index in [9.17, 15) is 14.4 Å². The van der Waals surface area contributed by atoms with E-state index in [1.807, 2.05) is 0 Å². The molecule has 1 amide bonds. The number of rotatable bonds is 3. The molecule has 6 heteroatoms. The minimum atomic E-state index is -1.34. The van der Waals surface area contributed by atoms with Crippen molar-refractivity contribution < 1.29 is 19.1 Å². The lowest BCUT2D eigenvalue weighted by Crippen LogP contribution is -2.32. The fraction of sp³-hybridized carbons (Fsp3) is 0.308. The van der Waals surface area contributed by atoms with Gasteiger partial charge in [0.15, 0.2) is 11.7 Å². The predicted octanol–water partition coefficient (Wildman–Crippen LogP) is 1.43. The second-order valence-corrected chi connectivity index (χ2v) is 4.49. The van der Waals surface area contributed by atoms with Gasteiger partial charge in [0.2, 0.25) is 5.91 Å². The van der Waals surface area contributed by atoms with Gasteiger partial charge in [0.25, 0.3) is 0 Å². The molecule has 0 bridgehead atoms. The number of hydrogen-bond donors (Lipinski definition) is 0. The van der Waals surface area contributed by atoms with Crippen molar-refractivity contribution in [3.8, 4) is 0 Å². The summed E-state index contributed by atoms with van der Waals surface area (Å²) < 4.78 is 4.74. The first-order valence-electron chi connectivity index (χ1n) is 5.81. The van der Waals surface area contributed by atoms with E-state index in [1.54, 1.807) is 31.2 Å². The summed E-state index contributed by atoms with van der Waals surface area (Å²) in [5, 5.41) is 0.531. The fourth-order valence-electron chi connectivity index (χ4n) is 1.92. The van der Waals surface area contributed by atoms with E-state index in [-0.39, 0.29) is 13.2 Å². The third-order valence-corrected chi connectivity index (χ3v) is 3.06. The number of nitrogens with zero attached hydrogens (tertiary/aromatic N) is 1. The van der Waals surface area contributed by atoms with Gasteiger partial charge in [-0.05, 0) is 31.2 Å². The van der Waals surface area contributed by atoms with Gasteiger partial charge in [0, 0.05) is 10.7 Å². The maximum atomic E-state index is 12.1. The standard InChI is InChI=1S/C13H12ClNO4/c1-2-19-13(18)11-10(16)7-15(12(11)17)9-5-3-8(14)4-6-9/h3-6,11H,2,7H2,1H3. The summed E-state index contributed by atoms with van der Waals surface area (Å²) in [5.74, 6) is -3.12. The molecule has 1 unspecified atom stereocenters. The molecule has 1 aromatic rings. The van der Waals surface area contributed by atoms with Crippen LogP contribution in [0.5, 0.6) is 0 Å². The van der Waals surface area contributed by atoms with Crippen molar-refractivity contribution in [2.75, 3.05) is 18.1 Å². The average Bonchev–Trinajstić information content (AvgIpc) is 2.66. The molecule has 0 aliphatic carbocycles. The van der Waals surface area contributed by atoms with Gasteiger partial charge in [0.1, 0.15) is 0 Å². The molecule has 1 aromatic carbocycles. The van der Waals surface area contributed by atoms with Gasteiger partial charge in [-0.2, -0.15) is 0 Å². The predicted molar refractivity (Wildman–Crippen MR) is 68.9 cm³/mol. The Hall–Kier alpha value is -1.88. The van der Waals surface area contributed by atoms with Crippen LogP contribution in [0, 0.1) is 5.92 Å². The summed E-state index contributed by atoms with van der Waals surface area (Å²) in [5.41, 5.74) is 0.537. The molecule has 5 nitrogen and oxygen atoms in total. The van der Waals surface area contributed by atoms with Crippen molar-refractivity contribution in [1.82, 2.24) is 0 Å². The van der Waals surface area contributed by atoms with E-state index in [0.717, 1.165) is 0 Å². The van der Waals surface area contributed by atoms with Crippen LogP contribution in [-0.2, 0) is 19.1 Å². The molecule has 0 aromatic heterocycles. The van der Waals surface area contributed by atoms with Gasteiger partial charge in [-0.3, -0.25) is 14.4 Å². The maximum absolute atomic E-state index is 12.1. The molecule has 2 rings (SSSR count). The number of benzene rings is 1. The van der Waals surface area contributed by atoms with Gasteiger partial charge in [0.05, 0.1) is 13.2 Å². The van der Waals surface area contributed by atoms with Crippen molar-refractivity contribution in [2.45, 2.75) is 6.92 Å². The number of amides is 1. The van der Waals surface area contributed by atoms with Crippen molar-refractivity contribution in [1.29, 1.82) is 0 Å². The lowest BCUT2D eigenvalue weighted by Gasteiger charge is -2.15. The van der Waals surface area contributed by atoms with E-state index < -0.39 is 23.6 Å². The highest BCUT2D eigenvalue weighted by Gasteiger charge is 2.45. The van der Waals surface area contributed by atoms with E-state index in [4.69, 9.17) is 16.3 Å². The molecule has 0 radical (unpaired) electrons. The molecule has 100 valence electrons. The summed E-state index contributed by atoms with van der Waals surface area (Å²) >= 11 is 5.76. The highest BCUT2D eigenvalue weighted by Crippen LogP contribution is 2.25. The van der Waals surface area contributed by atoms with E-state index >= 15 is 0 Å². The fourth-order valence-corrected chi connectivity index (χ4v) is 2.04. The summed E-state index contributed by atoms with van der Waals surface area (Å²) in [6, 6.07) is 6.49. The van der Waals surface area contributed by atoms with Crippen LogP contribution in [0.4, 0.5) is 5.69 Å². The Kier molecular flexibility index (Phi) is 3.85. The first-order valence-corrected chi connectivity index (χ1v) is 6.18. The number of esters is 1. The molecule has 1 saturated heterocycles. The number of carbonyl (C=O) groups is 3. The molecular weight excluding hydrogens is 270 g/mol. The zero-order chi connectivity index (χ0) is 14.0. The number of anilines is 1. The van der Waals surface area contributed by atoms with E-state index in [1.165, 1.54) is 4.90 Å². The first-order chi connectivity index (χ1) is 9.04. The van der Waals surface area contributed by atoms with Crippen LogP contribution >= 0.6 is 11.6 Å². The van der Waals surface area contributed by atoms with Crippen molar-refractivity contribution in [2.24, 2.45) is 5.92 Å². The minimum Gasteiger partial charge on any atom is -0.465 e. The smallest absolute Gasteiger partial charge is 0.326 e. The molecule has 19 heavy (non-hydrogen) atoms. The maximum Gasteiger partial charge on any atom is 0.326 e. The van der Waals surface area contributed by atoms with E-state index in [0.29, 0.717) is 10.7 Å². The zero-order valence-electron chi connectivity index (χ0n) is 10.3. The van der Waals surface area contributed by atoms with Crippen molar-refractivity contribution in [3.63, 3.8) is 0 Å². The molecule has 1 aliphatic rings. The molecule has 0 spiro atoms. The zero-order valence-corrected chi connectivity index (χ0v) is 11.0. The van der Waals surface area contributed by atoms with Crippen LogP contribution in [0.2, 0.25) is 5.02 Å². The third-order valence-electron chi connectivity index (χ3n) is 2.81. The minimum absolute atomic E-state index is 0.121. The Morgan fingerprint density at radius 1 is 1.37 bits per heavy atom. The van der Waals surface area contributed by atoms with Crippen LogP contribution in [0.15, 0.2) is 24.3 Å². The largest absolute Gasteiger partial charge is 0.465 e. The molecule has 0 N–H and O–H groups in total. The van der Waals surface area contributed by atoms with Gasteiger partial charge < -0.3 is 9.64 Å². The molecule has 1 aliphatic heterocycles. The normalized spacial score (nSPS) is 18.8. The van der Waals surface area contributed by atoms with E-state index in [2.05, 4.69) is 0 Å². The molecular formula is C13H12ClNO4. The van der Waals surface area contributed by atoms with Crippen LogP contribution in [0.3, 0.4) is 0 Å². The van der Waals surface area contributed by atoms with Gasteiger partial charge in [-0.25, -0.2) is 0 Å². The third kappa shape index (κ3) is 2.61. The molecule has 1 fully saturated rings. The van der Waals surface area contributed by atoms with Gasteiger partial charge in [-0.15, -0.1) is 0 Å². The monoisotopic (exact) mass is 281 g/mol. The van der Waals surface area contributed by atoms with Crippen LogP contribution in [0.1, 0.15) is 6.92 Å². The highest BCUT2D eigenvalue weighted by molar-refractivity contribution is 6.31. The van der Waals surface area contributed by atoms with Crippen LogP contribution in [-0.4, -0.2) is 30.8 Å². The summed E-state index contributed by atoms with van der Waals surface area (Å²) in [6.07, 6.45) is 0. The van der Waals surface area contributed by atoms with Crippen LogP contribution in [0.25, 0.3) is 0 Å². The summed E-state index contributed by atoms with van der Waals surface area (Å²) in [4.78, 5) is 36.7. The van der Waals surface area contributed by atoms with Crippen LogP contribution < -0.4 is 4.90 Å². The Morgan fingerprint density at radius 3 is 2.58 bits per heavy atom. The number of halogens is 1. The van der Waals surface area contributed by atoms with Gasteiger partial charge >= 0.3 is 5.97 Å². The number of carbonyl (C=O) groups excluding carboxylic acids is 3. The van der Waals surface area contributed by atoms with Gasteiger partial charge in [-0.1, -0.05) is 11.6 Å². The number of Topliss-reactive ketones (excluding diaryl/α,β-unsaturated/α-hetero) is 1. The SMILES string of the molecule is CCOC(=O)C1C(=O)CN(c2ccc(Cl)cc2)C1=O. The first kappa shape index (κ1) is 13.5.